The van der Waals surface area contributed by atoms with Gasteiger partial charge in [-0.15, -0.1) is 45.3 Å². The zero-order valence-electron chi connectivity index (χ0n) is 49.9. The van der Waals surface area contributed by atoms with Gasteiger partial charge in [-0.1, -0.05) is 297 Å². The Morgan fingerprint density at radius 1 is 0.308 bits per heavy atom. The van der Waals surface area contributed by atoms with E-state index in [2.05, 4.69) is 329 Å². The van der Waals surface area contributed by atoms with Crippen LogP contribution < -0.4 is 46.1 Å². The van der Waals surface area contributed by atoms with Crippen LogP contribution in [0.15, 0.2) is 322 Å². The number of hydrogen-bond donors (Lipinski definition) is 0. The highest BCUT2D eigenvalue weighted by molar-refractivity contribution is 7.32. The molecule has 0 nitrogen and oxygen atoms in total. The SMILES string of the molecule is C=C/C=c1\c(=C(/C)[Si](c2ccccc2)(c2ccccc2)c2cccc3c2sc2ccc(-c4ccc5sc6c(-c7cccc([Si](c8ccccc8)(c8ccccc8)c8cccc(-c9cccc%10c9sc9ccccc9%10)c8)c7)cccc6c5c4)cc23)sc2ccccc12. The molecular weight excluding hydrogens is 1210 g/mol. The van der Waals surface area contributed by atoms with E-state index in [0.717, 1.165) is 0 Å². The van der Waals surface area contributed by atoms with Gasteiger partial charge in [-0.3, -0.25) is 0 Å². The molecular formula is C85H58S4Si2. The Morgan fingerprint density at radius 2 is 0.703 bits per heavy atom. The van der Waals surface area contributed by atoms with Crippen molar-refractivity contribution < 1.29 is 0 Å². The molecule has 430 valence electrons. The molecule has 6 heteroatoms. The third-order valence-corrected chi connectivity index (χ3v) is 34.1. The maximum atomic E-state index is 4.22. The molecule has 91 heavy (non-hydrogen) atoms. The zero-order valence-corrected chi connectivity index (χ0v) is 55.2. The van der Waals surface area contributed by atoms with Crippen molar-refractivity contribution in [2.24, 2.45) is 0 Å². The fourth-order valence-electron chi connectivity index (χ4n) is 15.0. The number of benzene rings is 13. The van der Waals surface area contributed by atoms with E-state index in [4.69, 9.17) is 0 Å². The molecule has 0 spiro atoms. The second-order valence-corrected chi connectivity index (χ2v) is 35.7. The summed E-state index contributed by atoms with van der Waals surface area (Å²) in [5, 5.41) is 21.4. The first-order valence-corrected chi connectivity index (χ1v) is 38.3. The fraction of sp³-hybridized carbons (Fsp3) is 0.0118. The highest BCUT2D eigenvalue weighted by Gasteiger charge is 2.44. The van der Waals surface area contributed by atoms with Crippen molar-refractivity contribution in [2.75, 3.05) is 0 Å². The first-order valence-electron chi connectivity index (χ1n) is 31.1. The molecule has 0 aliphatic heterocycles. The summed E-state index contributed by atoms with van der Waals surface area (Å²) < 4.78 is 10.5. The molecule has 0 amide bonds. The number of rotatable bonds is 12. The molecule has 0 saturated heterocycles. The molecule has 17 aromatic rings. The minimum Gasteiger partial charge on any atom is -0.136 e. The molecule has 0 N–H and O–H groups in total. The smallest absolute Gasteiger partial charge is 0.136 e. The Kier molecular flexibility index (Phi) is 13.8. The summed E-state index contributed by atoms with van der Waals surface area (Å²) in [5.74, 6) is 0. The first-order chi connectivity index (χ1) is 45.0. The van der Waals surface area contributed by atoms with Crippen molar-refractivity contribution in [1.29, 1.82) is 0 Å². The maximum Gasteiger partial charge on any atom is 0.179 e. The lowest BCUT2D eigenvalue weighted by atomic mass is 9.99. The normalized spacial score (nSPS) is 12.7. The molecule has 13 aromatic carbocycles. The lowest BCUT2D eigenvalue weighted by Crippen LogP contribution is -2.74. The van der Waals surface area contributed by atoms with Crippen LogP contribution in [0.2, 0.25) is 0 Å². The van der Waals surface area contributed by atoms with Crippen LogP contribution in [0.25, 0.3) is 115 Å². The van der Waals surface area contributed by atoms with E-state index in [-0.39, 0.29) is 0 Å². The van der Waals surface area contributed by atoms with Crippen LogP contribution in [-0.4, -0.2) is 16.1 Å². The highest BCUT2D eigenvalue weighted by Crippen LogP contribution is 2.44. The standard InChI is InChI=1S/C85H58S4Si2/c1-3-25-71-69-38-16-18-45-77(69)86-82(71)56(2)90(61-28-8-4-9-29-61,62-30-10-5-11-31-62)81-47-24-44-74-76-55-58(49-51-80(76)89-85(74)81)57-48-50-79-75(54-57)73-43-23-41-68(84(73)88-79)60-27-21-37-66(53-60)91(63-32-12-6-13-33-63,64-34-14-7-15-35-64)65-36-20-26-59(52-65)67-40-22-42-72-70-39-17-19-46-78(70)87-83(67)72/h3-55H,1H2,2H3/b71-25-,82-56-. The summed E-state index contributed by atoms with van der Waals surface area (Å²) in [6, 6.07) is 118. The van der Waals surface area contributed by atoms with Crippen LogP contribution in [0, 0.1) is 0 Å². The Labute approximate surface area is 547 Å². The van der Waals surface area contributed by atoms with Gasteiger partial charge in [0.05, 0.1) is 0 Å². The quantitative estimate of drug-likeness (QED) is 0.0845. The van der Waals surface area contributed by atoms with Gasteiger partial charge in [-0.05, 0) is 118 Å². The van der Waals surface area contributed by atoms with Gasteiger partial charge >= 0.3 is 0 Å². The van der Waals surface area contributed by atoms with E-state index in [1.807, 2.05) is 51.4 Å². The molecule has 0 saturated carbocycles. The van der Waals surface area contributed by atoms with Crippen molar-refractivity contribution in [1.82, 2.24) is 0 Å². The van der Waals surface area contributed by atoms with E-state index in [1.165, 1.54) is 155 Å². The summed E-state index contributed by atoms with van der Waals surface area (Å²) in [5.41, 5.74) is 7.47. The van der Waals surface area contributed by atoms with Crippen LogP contribution in [0.3, 0.4) is 0 Å². The predicted molar refractivity (Wildman–Crippen MR) is 407 cm³/mol. The van der Waals surface area contributed by atoms with Crippen molar-refractivity contribution in [3.8, 4) is 33.4 Å². The molecule has 4 aromatic heterocycles. The largest absolute Gasteiger partial charge is 0.179 e. The molecule has 0 bridgehead atoms. The molecule has 0 unspecified atom stereocenters. The highest BCUT2D eigenvalue weighted by atomic mass is 32.1. The summed E-state index contributed by atoms with van der Waals surface area (Å²) in [7, 11) is -5.95. The minimum absolute atomic E-state index is 1.22. The lowest BCUT2D eigenvalue weighted by Gasteiger charge is -2.35. The fourth-order valence-corrected chi connectivity index (χ4v) is 30.6. The van der Waals surface area contributed by atoms with Crippen molar-refractivity contribution >= 4 is 180 Å². The average molecular weight is 1260 g/mol. The minimum atomic E-state index is -2.97. The Bertz CT molecular complexity index is 5740. The monoisotopic (exact) mass is 1260 g/mol. The van der Waals surface area contributed by atoms with Gasteiger partial charge in [-0.2, -0.15) is 0 Å². The molecule has 0 radical (unpaired) electrons. The lowest BCUT2D eigenvalue weighted by molar-refractivity contribution is 1.64. The van der Waals surface area contributed by atoms with Gasteiger partial charge in [0, 0.05) is 75.1 Å². The second-order valence-electron chi connectivity index (χ2n) is 23.8. The van der Waals surface area contributed by atoms with Crippen LogP contribution in [-0.2, 0) is 0 Å². The number of hydrogen-bond acceptors (Lipinski definition) is 4. The predicted octanol–water partition coefficient (Wildman–Crippen LogP) is 18.2. The molecule has 0 fully saturated rings. The van der Waals surface area contributed by atoms with Crippen molar-refractivity contribution in [3.63, 3.8) is 0 Å². The molecule has 0 aliphatic rings. The Hall–Kier alpha value is -9.61. The Balaban J connectivity index is 0.798. The molecule has 0 aliphatic carbocycles. The summed E-state index contributed by atoms with van der Waals surface area (Å²) in [4.78, 5) is 0. The summed E-state index contributed by atoms with van der Waals surface area (Å²) in [6.45, 7) is 6.66. The molecule has 0 atom stereocenters. The van der Waals surface area contributed by atoms with Crippen molar-refractivity contribution in [3.05, 3.63) is 332 Å². The van der Waals surface area contributed by atoms with Gasteiger partial charge in [0.2, 0.25) is 0 Å². The van der Waals surface area contributed by atoms with Crippen LogP contribution >= 0.6 is 45.3 Å². The topological polar surface area (TPSA) is 0 Å². The van der Waals surface area contributed by atoms with Crippen LogP contribution in [0.1, 0.15) is 6.92 Å². The third-order valence-electron chi connectivity index (χ3n) is 19.0. The van der Waals surface area contributed by atoms with Gasteiger partial charge in [0.25, 0.3) is 0 Å². The van der Waals surface area contributed by atoms with Crippen LogP contribution in [0.4, 0.5) is 0 Å². The number of allylic oxidation sites excluding steroid dienone is 1. The summed E-state index contributed by atoms with van der Waals surface area (Å²) in [6.07, 6.45) is 4.18. The van der Waals surface area contributed by atoms with Gasteiger partial charge in [0.1, 0.15) is 0 Å². The van der Waals surface area contributed by atoms with Gasteiger partial charge in [-0.25, -0.2) is 0 Å². The van der Waals surface area contributed by atoms with E-state index >= 15 is 0 Å². The summed E-state index contributed by atoms with van der Waals surface area (Å²) >= 11 is 7.68. The van der Waals surface area contributed by atoms with Crippen molar-refractivity contribution in [2.45, 2.75) is 6.92 Å². The zero-order chi connectivity index (χ0) is 60.6. The maximum absolute atomic E-state index is 4.22. The van der Waals surface area contributed by atoms with Gasteiger partial charge in [0.15, 0.2) is 16.1 Å². The number of fused-ring (bicyclic) bond motifs is 10. The number of thiophene rings is 4. The van der Waals surface area contributed by atoms with Gasteiger partial charge < -0.3 is 0 Å². The first kappa shape index (κ1) is 55.5. The molecule has 17 rings (SSSR count). The van der Waals surface area contributed by atoms with E-state index in [9.17, 15) is 0 Å². The average Bonchev–Trinajstić information content (AvgIpc) is 1.72. The van der Waals surface area contributed by atoms with E-state index in [1.54, 1.807) is 0 Å². The van der Waals surface area contributed by atoms with Crippen LogP contribution in [0.5, 0.6) is 0 Å². The van der Waals surface area contributed by atoms with E-state index in [0.29, 0.717) is 0 Å². The second kappa shape index (κ2) is 22.7. The van der Waals surface area contributed by atoms with E-state index < -0.39 is 16.1 Å². The Morgan fingerprint density at radius 3 is 1.23 bits per heavy atom. The third kappa shape index (κ3) is 8.92. The molecule has 4 heterocycles.